The topological polar surface area (TPSA) is 58.2 Å². The van der Waals surface area contributed by atoms with Gasteiger partial charge in [-0.25, -0.2) is 17.5 Å². The van der Waals surface area contributed by atoms with Crippen LogP contribution in [0.1, 0.15) is 32.3 Å². The maximum absolute atomic E-state index is 14.4. The van der Waals surface area contributed by atoms with Crippen molar-refractivity contribution in [1.82, 2.24) is 10.0 Å². The van der Waals surface area contributed by atoms with Crippen molar-refractivity contribution in [3.8, 4) is 0 Å². The molecule has 1 aromatic carbocycles. The number of hydrogen-bond donors (Lipinski definition) is 2. The zero-order valence-electron chi connectivity index (χ0n) is 12.1. The van der Waals surface area contributed by atoms with Gasteiger partial charge in [0.15, 0.2) is 0 Å². The minimum Gasteiger partial charge on any atom is -0.310 e. The van der Waals surface area contributed by atoms with Gasteiger partial charge >= 0.3 is 0 Å². The Morgan fingerprint density at radius 2 is 2.05 bits per heavy atom. The van der Waals surface area contributed by atoms with Gasteiger partial charge in [-0.2, -0.15) is 0 Å². The van der Waals surface area contributed by atoms with Gasteiger partial charge in [0, 0.05) is 29.7 Å². The molecule has 1 aromatic rings. The highest BCUT2D eigenvalue weighted by Crippen LogP contribution is 2.25. The van der Waals surface area contributed by atoms with E-state index in [9.17, 15) is 12.8 Å². The summed E-state index contributed by atoms with van der Waals surface area (Å²) < 4.78 is 41.2. The quantitative estimate of drug-likeness (QED) is 0.806. The van der Waals surface area contributed by atoms with E-state index >= 15 is 0 Å². The summed E-state index contributed by atoms with van der Waals surface area (Å²) in [6.07, 6.45) is 2.15. The lowest BCUT2D eigenvalue weighted by molar-refractivity contribution is 0.533. The summed E-state index contributed by atoms with van der Waals surface area (Å²) in [5, 5.41) is 3.37. The van der Waals surface area contributed by atoms with Crippen molar-refractivity contribution in [2.24, 2.45) is 5.92 Å². The molecule has 7 heteroatoms. The fraction of sp³-hybridized carbons (Fsp3) is 0.571. The first-order valence-corrected chi connectivity index (χ1v) is 8.86. The second-order valence-electron chi connectivity index (χ2n) is 5.78. The summed E-state index contributed by atoms with van der Waals surface area (Å²) in [6.45, 7) is 4.29. The van der Waals surface area contributed by atoms with Gasteiger partial charge in [-0.05, 0) is 30.9 Å². The Balaban J connectivity index is 2.24. The molecule has 4 nitrogen and oxygen atoms in total. The average molecular weight is 335 g/mol. The number of hydrogen-bond acceptors (Lipinski definition) is 3. The van der Waals surface area contributed by atoms with Crippen LogP contribution in [0.2, 0.25) is 5.02 Å². The van der Waals surface area contributed by atoms with E-state index in [-0.39, 0.29) is 34.5 Å². The van der Waals surface area contributed by atoms with Crippen LogP contribution in [-0.2, 0) is 16.6 Å². The summed E-state index contributed by atoms with van der Waals surface area (Å²) in [7, 11) is -3.89. The van der Waals surface area contributed by atoms with Crippen molar-refractivity contribution in [2.45, 2.75) is 44.2 Å². The van der Waals surface area contributed by atoms with Gasteiger partial charge < -0.3 is 5.32 Å². The van der Waals surface area contributed by atoms with E-state index in [2.05, 4.69) is 10.0 Å². The summed E-state index contributed by atoms with van der Waals surface area (Å²) in [5.74, 6) is -0.596. The van der Waals surface area contributed by atoms with Crippen LogP contribution < -0.4 is 10.0 Å². The molecule has 1 aliphatic carbocycles. The second-order valence-corrected chi connectivity index (χ2v) is 7.95. The molecule has 1 aliphatic rings. The van der Waals surface area contributed by atoms with Crippen molar-refractivity contribution in [3.63, 3.8) is 0 Å². The van der Waals surface area contributed by atoms with E-state index in [1.54, 1.807) is 0 Å². The molecule has 0 amide bonds. The van der Waals surface area contributed by atoms with Crippen molar-refractivity contribution in [3.05, 3.63) is 28.5 Å². The third-order valence-corrected chi connectivity index (χ3v) is 4.85. The Hall–Kier alpha value is -0.690. The SMILES string of the molecule is CC(C)CNS(=O)(=O)c1cc(Cl)cc(CNC2CC2)c1F. The molecular formula is C14H20ClFN2O2S. The lowest BCUT2D eigenvalue weighted by atomic mass is 10.2. The Kier molecular flexibility index (Phi) is 5.24. The van der Waals surface area contributed by atoms with Crippen LogP contribution in [0.25, 0.3) is 0 Å². The van der Waals surface area contributed by atoms with E-state index in [4.69, 9.17) is 11.6 Å². The predicted octanol–water partition coefficient (Wildman–Crippen LogP) is 2.67. The Labute approximate surface area is 130 Å². The van der Waals surface area contributed by atoms with E-state index < -0.39 is 15.8 Å². The standard InChI is InChI=1S/C14H20ClFN2O2S/c1-9(2)7-18-21(19,20)13-6-11(15)5-10(14(13)16)8-17-12-3-4-12/h5-6,9,12,17-18H,3-4,7-8H2,1-2H3. The Morgan fingerprint density at radius 1 is 1.38 bits per heavy atom. The van der Waals surface area contributed by atoms with E-state index in [0.29, 0.717) is 6.04 Å². The number of benzene rings is 1. The molecule has 2 rings (SSSR count). The van der Waals surface area contributed by atoms with Crippen LogP contribution in [0.4, 0.5) is 4.39 Å². The molecule has 0 spiro atoms. The van der Waals surface area contributed by atoms with Crippen molar-refractivity contribution in [2.75, 3.05) is 6.54 Å². The molecule has 0 heterocycles. The lowest BCUT2D eigenvalue weighted by Gasteiger charge is -2.13. The van der Waals surface area contributed by atoms with Crippen LogP contribution in [0.3, 0.4) is 0 Å². The average Bonchev–Trinajstić information content (AvgIpc) is 3.21. The highest BCUT2D eigenvalue weighted by Gasteiger charge is 2.24. The molecule has 21 heavy (non-hydrogen) atoms. The molecular weight excluding hydrogens is 315 g/mol. The molecule has 1 fully saturated rings. The molecule has 0 aliphatic heterocycles. The maximum Gasteiger partial charge on any atom is 0.243 e. The third kappa shape index (κ3) is 4.64. The summed E-state index contributed by atoms with van der Waals surface area (Å²) in [4.78, 5) is -0.386. The van der Waals surface area contributed by atoms with Crippen molar-refractivity contribution < 1.29 is 12.8 Å². The molecule has 118 valence electrons. The van der Waals surface area contributed by atoms with Gasteiger partial charge in [-0.15, -0.1) is 0 Å². The molecule has 0 bridgehead atoms. The van der Waals surface area contributed by atoms with Gasteiger partial charge in [0.25, 0.3) is 0 Å². The van der Waals surface area contributed by atoms with Crippen molar-refractivity contribution >= 4 is 21.6 Å². The number of halogens is 2. The first kappa shape index (κ1) is 16.7. The zero-order valence-corrected chi connectivity index (χ0v) is 13.7. The fourth-order valence-corrected chi connectivity index (χ4v) is 3.50. The molecule has 0 aromatic heterocycles. The monoisotopic (exact) mass is 334 g/mol. The fourth-order valence-electron chi connectivity index (χ4n) is 1.84. The van der Waals surface area contributed by atoms with Gasteiger partial charge in [0.1, 0.15) is 10.7 Å². The van der Waals surface area contributed by atoms with E-state index in [1.807, 2.05) is 13.8 Å². The summed E-state index contributed by atoms with van der Waals surface area (Å²) in [5.41, 5.74) is 0.277. The van der Waals surface area contributed by atoms with Crippen LogP contribution in [0.15, 0.2) is 17.0 Å². The highest BCUT2D eigenvalue weighted by atomic mass is 35.5. The second kappa shape index (κ2) is 6.60. The number of sulfonamides is 1. The molecule has 0 atom stereocenters. The third-order valence-electron chi connectivity index (χ3n) is 3.21. The minimum absolute atomic E-state index is 0.137. The molecule has 0 saturated heterocycles. The van der Waals surface area contributed by atoms with E-state index in [0.717, 1.165) is 18.9 Å². The molecule has 0 radical (unpaired) electrons. The molecule has 1 saturated carbocycles. The largest absolute Gasteiger partial charge is 0.310 e. The molecule has 0 unspecified atom stereocenters. The van der Waals surface area contributed by atoms with Gasteiger partial charge in [0.2, 0.25) is 10.0 Å². The predicted molar refractivity (Wildman–Crippen MR) is 81.3 cm³/mol. The Bertz CT molecular complexity index is 616. The van der Waals surface area contributed by atoms with Crippen LogP contribution in [0, 0.1) is 11.7 Å². The zero-order chi connectivity index (χ0) is 15.6. The first-order chi connectivity index (χ1) is 9.79. The highest BCUT2D eigenvalue weighted by molar-refractivity contribution is 7.89. The number of nitrogens with one attached hydrogen (secondary N) is 2. The normalized spacial score (nSPS) is 15.7. The lowest BCUT2D eigenvalue weighted by Crippen LogP contribution is -2.29. The van der Waals surface area contributed by atoms with Gasteiger partial charge in [-0.1, -0.05) is 25.4 Å². The summed E-state index contributed by atoms with van der Waals surface area (Å²) in [6, 6.07) is 3.02. The van der Waals surface area contributed by atoms with Gasteiger partial charge in [0.05, 0.1) is 0 Å². The van der Waals surface area contributed by atoms with Crippen molar-refractivity contribution in [1.29, 1.82) is 0 Å². The number of rotatable bonds is 7. The van der Waals surface area contributed by atoms with Crippen LogP contribution in [0.5, 0.6) is 0 Å². The Morgan fingerprint density at radius 3 is 2.62 bits per heavy atom. The summed E-state index contributed by atoms with van der Waals surface area (Å²) >= 11 is 5.94. The van der Waals surface area contributed by atoms with Gasteiger partial charge in [-0.3, -0.25) is 0 Å². The van der Waals surface area contributed by atoms with Crippen LogP contribution in [-0.4, -0.2) is 21.0 Å². The van der Waals surface area contributed by atoms with Crippen LogP contribution >= 0.6 is 11.6 Å². The maximum atomic E-state index is 14.4. The molecule has 2 N–H and O–H groups in total. The minimum atomic E-state index is -3.89. The van der Waals surface area contributed by atoms with E-state index in [1.165, 1.54) is 6.07 Å². The first-order valence-electron chi connectivity index (χ1n) is 7.00. The smallest absolute Gasteiger partial charge is 0.243 e.